The standard InChI is InChI=1S/C21H18BrNO5/c1-21(2,3)17(24)11-28-20(27)12-5-4-6-14(9-12)23-18(25)15-8-7-13(22)10-16(15)19(23)26/h4-10H,11H2,1-3H3. The second-order valence-corrected chi connectivity index (χ2v) is 8.35. The lowest BCUT2D eigenvalue weighted by molar-refractivity contribution is -0.129. The van der Waals surface area contributed by atoms with Crippen molar-refractivity contribution in [1.82, 2.24) is 0 Å². The van der Waals surface area contributed by atoms with Crippen LogP contribution in [0.3, 0.4) is 0 Å². The fourth-order valence-electron chi connectivity index (χ4n) is 2.65. The Balaban J connectivity index is 1.82. The number of carbonyl (C=O) groups is 4. The first kappa shape index (κ1) is 19.9. The summed E-state index contributed by atoms with van der Waals surface area (Å²) in [7, 11) is 0. The third-order valence-electron chi connectivity index (χ3n) is 4.36. The van der Waals surface area contributed by atoms with E-state index in [2.05, 4.69) is 15.9 Å². The van der Waals surface area contributed by atoms with Gasteiger partial charge in [0.25, 0.3) is 11.8 Å². The normalized spacial score (nSPS) is 13.5. The molecule has 2 aromatic carbocycles. The molecule has 1 aliphatic rings. The van der Waals surface area contributed by atoms with Gasteiger partial charge in [-0.15, -0.1) is 0 Å². The smallest absolute Gasteiger partial charge is 0.338 e. The summed E-state index contributed by atoms with van der Waals surface area (Å²) in [6, 6.07) is 10.9. The lowest BCUT2D eigenvalue weighted by atomic mass is 9.91. The van der Waals surface area contributed by atoms with Crippen LogP contribution >= 0.6 is 15.9 Å². The Morgan fingerprint density at radius 3 is 2.36 bits per heavy atom. The minimum Gasteiger partial charge on any atom is -0.454 e. The molecule has 0 atom stereocenters. The number of carbonyl (C=O) groups excluding carboxylic acids is 4. The van der Waals surface area contributed by atoms with Crippen molar-refractivity contribution in [2.75, 3.05) is 11.5 Å². The van der Waals surface area contributed by atoms with Gasteiger partial charge in [0.2, 0.25) is 0 Å². The Hall–Kier alpha value is -2.80. The van der Waals surface area contributed by atoms with E-state index in [0.717, 1.165) is 4.90 Å². The highest BCUT2D eigenvalue weighted by Crippen LogP contribution is 2.30. The van der Waals surface area contributed by atoms with Gasteiger partial charge < -0.3 is 4.74 Å². The lowest BCUT2D eigenvalue weighted by Crippen LogP contribution is -2.29. The molecule has 144 valence electrons. The highest BCUT2D eigenvalue weighted by molar-refractivity contribution is 9.10. The van der Waals surface area contributed by atoms with Crippen molar-refractivity contribution >= 4 is 45.2 Å². The molecule has 0 aliphatic carbocycles. The van der Waals surface area contributed by atoms with Gasteiger partial charge in [0.15, 0.2) is 12.4 Å². The number of ketones is 1. The topological polar surface area (TPSA) is 80.8 Å². The third-order valence-corrected chi connectivity index (χ3v) is 4.85. The average molecular weight is 444 g/mol. The molecule has 0 radical (unpaired) electrons. The van der Waals surface area contributed by atoms with Crippen LogP contribution < -0.4 is 4.90 Å². The van der Waals surface area contributed by atoms with Crippen LogP contribution in [-0.2, 0) is 9.53 Å². The molecule has 0 bridgehead atoms. The first-order chi connectivity index (χ1) is 13.1. The monoisotopic (exact) mass is 443 g/mol. The van der Waals surface area contributed by atoms with Crippen molar-refractivity contribution in [3.05, 3.63) is 63.6 Å². The van der Waals surface area contributed by atoms with E-state index in [1.807, 2.05) is 0 Å². The van der Waals surface area contributed by atoms with Gasteiger partial charge in [0, 0.05) is 9.89 Å². The summed E-state index contributed by atoms with van der Waals surface area (Å²) in [5.41, 5.74) is 0.396. The zero-order chi connectivity index (χ0) is 20.6. The van der Waals surface area contributed by atoms with Gasteiger partial charge in [-0.2, -0.15) is 0 Å². The number of benzene rings is 2. The van der Waals surface area contributed by atoms with Crippen molar-refractivity contribution < 1.29 is 23.9 Å². The van der Waals surface area contributed by atoms with Gasteiger partial charge >= 0.3 is 5.97 Å². The van der Waals surface area contributed by atoms with Crippen molar-refractivity contribution in [3.63, 3.8) is 0 Å². The molecule has 0 spiro atoms. The van der Waals surface area contributed by atoms with Gasteiger partial charge in [0.05, 0.1) is 22.4 Å². The first-order valence-corrected chi connectivity index (χ1v) is 9.38. The summed E-state index contributed by atoms with van der Waals surface area (Å²) in [5.74, 6) is -1.82. The molecule has 3 rings (SSSR count). The predicted molar refractivity (Wildman–Crippen MR) is 106 cm³/mol. The quantitative estimate of drug-likeness (QED) is 0.526. The number of esters is 1. The Morgan fingerprint density at radius 2 is 1.68 bits per heavy atom. The second kappa shape index (κ2) is 7.31. The van der Waals surface area contributed by atoms with E-state index in [1.54, 1.807) is 51.1 Å². The number of Topliss-reactive ketones (excluding diaryl/α,β-unsaturated/α-hetero) is 1. The van der Waals surface area contributed by atoms with E-state index < -0.39 is 23.2 Å². The number of anilines is 1. The molecule has 1 aliphatic heterocycles. The summed E-state index contributed by atoms with van der Waals surface area (Å²) in [6.45, 7) is 4.88. The first-order valence-electron chi connectivity index (χ1n) is 8.58. The molecule has 0 fully saturated rings. The van der Waals surface area contributed by atoms with Crippen LogP contribution in [-0.4, -0.2) is 30.2 Å². The highest BCUT2D eigenvalue weighted by atomic mass is 79.9. The largest absolute Gasteiger partial charge is 0.454 e. The molecule has 0 unspecified atom stereocenters. The van der Waals surface area contributed by atoms with Crippen molar-refractivity contribution in [3.8, 4) is 0 Å². The number of rotatable bonds is 4. The number of hydrogen-bond acceptors (Lipinski definition) is 5. The van der Waals surface area contributed by atoms with Gasteiger partial charge in [-0.25, -0.2) is 9.69 Å². The maximum absolute atomic E-state index is 12.7. The van der Waals surface area contributed by atoms with Crippen LogP contribution in [0.4, 0.5) is 5.69 Å². The van der Waals surface area contributed by atoms with Crippen LogP contribution in [0, 0.1) is 5.41 Å². The molecule has 6 nitrogen and oxygen atoms in total. The lowest BCUT2D eigenvalue weighted by Gasteiger charge is -2.17. The Labute approximate surface area is 170 Å². The SMILES string of the molecule is CC(C)(C)C(=O)COC(=O)c1cccc(N2C(=O)c3ccc(Br)cc3C2=O)c1. The minimum absolute atomic E-state index is 0.150. The molecule has 2 aromatic rings. The van der Waals surface area contributed by atoms with Crippen molar-refractivity contribution in [2.24, 2.45) is 5.41 Å². The van der Waals surface area contributed by atoms with Crippen LogP contribution in [0.2, 0.25) is 0 Å². The number of nitrogens with zero attached hydrogens (tertiary/aromatic N) is 1. The average Bonchev–Trinajstić information content (AvgIpc) is 2.88. The summed E-state index contributed by atoms with van der Waals surface area (Å²) in [5, 5.41) is 0. The Bertz CT molecular complexity index is 1010. The number of fused-ring (bicyclic) bond motifs is 1. The van der Waals surface area contributed by atoms with E-state index in [-0.39, 0.29) is 23.6 Å². The molecular weight excluding hydrogens is 426 g/mol. The predicted octanol–water partition coefficient (Wildman–Crippen LogP) is 4.02. The summed E-state index contributed by atoms with van der Waals surface area (Å²) in [4.78, 5) is 50.6. The van der Waals surface area contributed by atoms with Gasteiger partial charge in [-0.3, -0.25) is 14.4 Å². The molecule has 1 heterocycles. The summed E-state index contributed by atoms with van der Waals surface area (Å²) < 4.78 is 5.77. The van der Waals surface area contributed by atoms with E-state index in [9.17, 15) is 19.2 Å². The van der Waals surface area contributed by atoms with Crippen LogP contribution in [0.15, 0.2) is 46.9 Å². The number of ether oxygens (including phenoxy) is 1. The van der Waals surface area contributed by atoms with Crippen molar-refractivity contribution in [2.45, 2.75) is 20.8 Å². The number of imide groups is 1. The van der Waals surface area contributed by atoms with E-state index in [0.29, 0.717) is 15.6 Å². The van der Waals surface area contributed by atoms with E-state index in [4.69, 9.17) is 4.74 Å². The Kier molecular flexibility index (Phi) is 5.21. The summed E-state index contributed by atoms with van der Waals surface area (Å²) >= 11 is 3.29. The zero-order valence-electron chi connectivity index (χ0n) is 15.6. The molecule has 0 saturated heterocycles. The van der Waals surface area contributed by atoms with Gasteiger partial charge in [-0.05, 0) is 36.4 Å². The number of hydrogen-bond donors (Lipinski definition) is 0. The van der Waals surface area contributed by atoms with Crippen molar-refractivity contribution in [1.29, 1.82) is 0 Å². The second-order valence-electron chi connectivity index (χ2n) is 7.44. The summed E-state index contributed by atoms with van der Waals surface area (Å²) in [6.07, 6.45) is 0. The number of amides is 2. The highest BCUT2D eigenvalue weighted by Gasteiger charge is 2.37. The maximum Gasteiger partial charge on any atom is 0.338 e. The number of halogens is 1. The maximum atomic E-state index is 12.7. The van der Waals surface area contributed by atoms with Crippen LogP contribution in [0.1, 0.15) is 51.8 Å². The third kappa shape index (κ3) is 3.75. The molecule has 7 heteroatoms. The van der Waals surface area contributed by atoms with Crippen LogP contribution in [0.5, 0.6) is 0 Å². The van der Waals surface area contributed by atoms with E-state index >= 15 is 0 Å². The van der Waals surface area contributed by atoms with E-state index in [1.165, 1.54) is 12.1 Å². The fraction of sp³-hybridized carbons (Fsp3) is 0.238. The molecule has 2 amide bonds. The van der Waals surface area contributed by atoms with Gasteiger partial charge in [-0.1, -0.05) is 42.8 Å². The van der Waals surface area contributed by atoms with Crippen LogP contribution in [0.25, 0.3) is 0 Å². The molecule has 0 saturated carbocycles. The molecule has 0 aromatic heterocycles. The zero-order valence-corrected chi connectivity index (χ0v) is 17.2. The Morgan fingerprint density at radius 1 is 1.00 bits per heavy atom. The fourth-order valence-corrected chi connectivity index (χ4v) is 3.01. The minimum atomic E-state index is -0.696. The molecule has 28 heavy (non-hydrogen) atoms. The molecular formula is C21H18BrNO5. The van der Waals surface area contributed by atoms with Gasteiger partial charge in [0.1, 0.15) is 0 Å². The molecule has 0 N–H and O–H groups in total.